The number of nitrogens with zero attached hydrogens (tertiary/aromatic N) is 1. The zero-order valence-electron chi connectivity index (χ0n) is 13.2. The van der Waals surface area contributed by atoms with Gasteiger partial charge in [-0.3, -0.25) is 4.79 Å². The number of methoxy groups -OCH3 is 1. The van der Waals surface area contributed by atoms with E-state index in [1.807, 2.05) is 17.5 Å². The number of benzene rings is 1. The molecule has 25 heavy (non-hydrogen) atoms. The molecule has 1 aliphatic rings. The molecule has 6 nitrogen and oxygen atoms in total. The molecule has 0 saturated heterocycles. The van der Waals surface area contributed by atoms with Gasteiger partial charge < -0.3 is 14.2 Å². The first-order valence-electron chi connectivity index (χ1n) is 7.10. The van der Waals surface area contributed by atoms with E-state index in [-0.39, 0.29) is 17.3 Å². The molecular weight excluding hydrogens is 410 g/mol. The van der Waals surface area contributed by atoms with Crippen molar-refractivity contribution in [3.8, 4) is 11.5 Å². The summed E-state index contributed by atoms with van der Waals surface area (Å²) in [5.74, 6) is -0.0785. The lowest BCUT2D eigenvalue weighted by molar-refractivity contribution is -0.132. The fourth-order valence-electron chi connectivity index (χ4n) is 2.14. The normalized spacial score (nSPS) is 15.1. The van der Waals surface area contributed by atoms with E-state index in [2.05, 4.69) is 20.9 Å². The van der Waals surface area contributed by atoms with Crippen LogP contribution >= 0.6 is 27.3 Å². The van der Waals surface area contributed by atoms with E-state index in [0.717, 1.165) is 4.88 Å². The van der Waals surface area contributed by atoms with Crippen LogP contribution in [0.5, 0.6) is 11.5 Å². The van der Waals surface area contributed by atoms with E-state index >= 15 is 0 Å². The van der Waals surface area contributed by atoms with Gasteiger partial charge in [-0.1, -0.05) is 6.07 Å². The molecule has 3 rings (SSSR count). The number of hydrogen-bond acceptors (Lipinski definition) is 7. The number of halogens is 1. The van der Waals surface area contributed by atoms with Crippen LogP contribution < -0.4 is 9.47 Å². The van der Waals surface area contributed by atoms with Crippen molar-refractivity contribution in [3.63, 3.8) is 0 Å². The largest absolute Gasteiger partial charge is 0.493 e. The third-order valence-electron chi connectivity index (χ3n) is 3.15. The first kappa shape index (κ1) is 17.4. The maximum atomic E-state index is 12.0. The Morgan fingerprint density at radius 2 is 2.20 bits per heavy atom. The Hall–Kier alpha value is -2.45. The van der Waals surface area contributed by atoms with Gasteiger partial charge in [-0.2, -0.15) is 0 Å². The molecule has 1 aromatic carbocycles. The van der Waals surface area contributed by atoms with Crippen LogP contribution in [0.25, 0.3) is 6.08 Å². The molecule has 8 heteroatoms. The highest BCUT2D eigenvalue weighted by atomic mass is 79.9. The van der Waals surface area contributed by atoms with Crippen molar-refractivity contribution in [2.24, 2.45) is 4.99 Å². The van der Waals surface area contributed by atoms with Gasteiger partial charge in [0.2, 0.25) is 5.90 Å². The van der Waals surface area contributed by atoms with Gasteiger partial charge in [-0.15, -0.1) is 11.3 Å². The molecule has 2 aromatic rings. The number of esters is 2. The number of carbonyl (C=O) groups is 2. The summed E-state index contributed by atoms with van der Waals surface area (Å²) in [6, 6.07) is 7.02. The third kappa shape index (κ3) is 3.80. The monoisotopic (exact) mass is 421 g/mol. The highest BCUT2D eigenvalue weighted by Crippen LogP contribution is 2.37. The first-order chi connectivity index (χ1) is 12.0. The van der Waals surface area contributed by atoms with E-state index in [9.17, 15) is 9.59 Å². The summed E-state index contributed by atoms with van der Waals surface area (Å²) in [4.78, 5) is 28.2. The number of rotatable bonds is 4. The fraction of sp³-hybridized carbons (Fsp3) is 0.118. The minimum atomic E-state index is -0.525. The van der Waals surface area contributed by atoms with Crippen LogP contribution in [0.3, 0.4) is 0 Å². The second kappa shape index (κ2) is 7.20. The number of cyclic esters (lactones) is 1. The standard InChI is InChI=1S/C17H12BrNO5S/c1-9(20)23-15-11(18)6-10(8-13(15)22-2)7-12-17(21)24-16(19-12)14-4-3-5-25-14/h3-8H,1-2H3/b12-7-. The molecule has 0 N–H and O–H groups in total. The molecule has 128 valence electrons. The lowest BCUT2D eigenvalue weighted by atomic mass is 10.1. The van der Waals surface area contributed by atoms with Crippen LogP contribution in [0, 0.1) is 0 Å². The van der Waals surface area contributed by atoms with Crippen molar-refractivity contribution in [2.45, 2.75) is 6.92 Å². The minimum Gasteiger partial charge on any atom is -0.493 e. The molecule has 0 bridgehead atoms. The van der Waals surface area contributed by atoms with Gasteiger partial charge in [0.15, 0.2) is 17.2 Å². The lowest BCUT2D eigenvalue weighted by Gasteiger charge is -2.11. The van der Waals surface area contributed by atoms with Gasteiger partial charge in [0.25, 0.3) is 0 Å². The molecular formula is C17H12BrNO5S. The van der Waals surface area contributed by atoms with Gasteiger partial charge >= 0.3 is 11.9 Å². The predicted molar refractivity (Wildman–Crippen MR) is 96.9 cm³/mol. The van der Waals surface area contributed by atoms with Crippen LogP contribution in [-0.4, -0.2) is 24.9 Å². The first-order valence-corrected chi connectivity index (χ1v) is 8.77. The maximum Gasteiger partial charge on any atom is 0.363 e. The van der Waals surface area contributed by atoms with Gasteiger partial charge in [0.05, 0.1) is 16.5 Å². The SMILES string of the molecule is COc1cc(/C=C2\N=C(c3cccs3)OC2=O)cc(Br)c1OC(C)=O. The third-order valence-corrected chi connectivity index (χ3v) is 4.60. The Labute approximate surface area is 155 Å². The molecule has 0 amide bonds. The van der Waals surface area contributed by atoms with Crippen LogP contribution in [0.4, 0.5) is 0 Å². The molecule has 1 aromatic heterocycles. The van der Waals surface area contributed by atoms with Crippen LogP contribution in [-0.2, 0) is 14.3 Å². The summed E-state index contributed by atoms with van der Waals surface area (Å²) in [6.07, 6.45) is 1.58. The molecule has 0 unspecified atom stereocenters. The molecule has 0 radical (unpaired) electrons. The second-order valence-corrected chi connectivity index (χ2v) is 6.74. The van der Waals surface area contributed by atoms with Crippen molar-refractivity contribution in [2.75, 3.05) is 7.11 Å². The van der Waals surface area contributed by atoms with E-state index in [4.69, 9.17) is 14.2 Å². The van der Waals surface area contributed by atoms with Crippen LogP contribution in [0.15, 0.2) is 44.8 Å². The minimum absolute atomic E-state index is 0.178. The van der Waals surface area contributed by atoms with Crippen LogP contribution in [0.1, 0.15) is 17.4 Å². The fourth-order valence-corrected chi connectivity index (χ4v) is 3.33. The highest BCUT2D eigenvalue weighted by Gasteiger charge is 2.25. The summed E-state index contributed by atoms with van der Waals surface area (Å²) in [7, 11) is 1.46. The lowest BCUT2D eigenvalue weighted by Crippen LogP contribution is -2.04. The molecule has 0 atom stereocenters. The second-order valence-electron chi connectivity index (χ2n) is 4.94. The van der Waals surface area contributed by atoms with E-state index in [1.54, 1.807) is 18.2 Å². The molecule has 1 aliphatic heterocycles. The Kier molecular flexibility index (Phi) is 5.00. The molecule has 0 aliphatic carbocycles. The molecule has 0 spiro atoms. The Morgan fingerprint density at radius 3 is 2.84 bits per heavy atom. The summed E-state index contributed by atoms with van der Waals surface area (Å²) < 4.78 is 16.1. The number of aliphatic imine (C=N–C) groups is 1. The van der Waals surface area contributed by atoms with Gasteiger partial charge in [-0.25, -0.2) is 9.79 Å². The summed E-state index contributed by atoms with van der Waals surface area (Å²) >= 11 is 4.77. The Morgan fingerprint density at radius 1 is 1.40 bits per heavy atom. The van der Waals surface area contributed by atoms with Crippen molar-refractivity contribution >= 4 is 51.2 Å². The Bertz CT molecular complexity index is 902. The molecule has 2 heterocycles. The van der Waals surface area contributed by atoms with Gasteiger partial charge in [0, 0.05) is 6.92 Å². The van der Waals surface area contributed by atoms with Crippen molar-refractivity contribution in [1.82, 2.24) is 0 Å². The number of carbonyl (C=O) groups excluding carboxylic acids is 2. The van der Waals surface area contributed by atoms with Gasteiger partial charge in [0.1, 0.15) is 0 Å². The highest BCUT2D eigenvalue weighted by molar-refractivity contribution is 9.10. The smallest absolute Gasteiger partial charge is 0.363 e. The zero-order chi connectivity index (χ0) is 18.0. The van der Waals surface area contributed by atoms with E-state index in [1.165, 1.54) is 25.4 Å². The predicted octanol–water partition coefficient (Wildman–Crippen LogP) is 3.79. The quantitative estimate of drug-likeness (QED) is 0.426. The number of ether oxygens (including phenoxy) is 3. The maximum absolute atomic E-state index is 12.0. The van der Waals surface area contributed by atoms with Crippen molar-refractivity contribution in [1.29, 1.82) is 0 Å². The van der Waals surface area contributed by atoms with Gasteiger partial charge in [-0.05, 0) is 51.1 Å². The summed E-state index contributed by atoms with van der Waals surface area (Å²) in [6.45, 7) is 1.30. The molecule has 0 fully saturated rings. The topological polar surface area (TPSA) is 74.2 Å². The zero-order valence-corrected chi connectivity index (χ0v) is 15.6. The summed E-state index contributed by atoms with van der Waals surface area (Å²) in [5.41, 5.74) is 0.820. The number of thiophene rings is 1. The van der Waals surface area contributed by atoms with E-state index < -0.39 is 11.9 Å². The Balaban J connectivity index is 1.97. The van der Waals surface area contributed by atoms with Crippen molar-refractivity contribution < 1.29 is 23.8 Å². The summed E-state index contributed by atoms with van der Waals surface area (Å²) in [5, 5.41) is 1.88. The van der Waals surface area contributed by atoms with Crippen molar-refractivity contribution in [3.05, 3.63) is 50.3 Å². The number of hydrogen-bond donors (Lipinski definition) is 0. The molecule has 0 saturated carbocycles. The van der Waals surface area contributed by atoms with E-state index in [0.29, 0.717) is 15.8 Å². The average Bonchev–Trinajstić information content (AvgIpc) is 3.20. The van der Waals surface area contributed by atoms with Crippen LogP contribution in [0.2, 0.25) is 0 Å². The average molecular weight is 422 g/mol.